The normalized spacial score (nSPS) is 13.2. The van der Waals surface area contributed by atoms with Crippen molar-refractivity contribution in [1.29, 1.82) is 0 Å². The maximum absolute atomic E-state index is 12.3. The average Bonchev–Trinajstić information content (AvgIpc) is 2.98. The Bertz CT molecular complexity index is 802. The molecule has 25 heavy (non-hydrogen) atoms. The molecule has 3 rings (SSSR count). The summed E-state index contributed by atoms with van der Waals surface area (Å²) in [7, 11) is 1.61. The molecular weight excluding hydrogens is 356 g/mol. The molecule has 0 spiro atoms. The number of nitrogens with one attached hydrogen (secondary N) is 1. The van der Waals surface area contributed by atoms with Gasteiger partial charge in [0.25, 0.3) is 5.91 Å². The van der Waals surface area contributed by atoms with Crippen LogP contribution in [0.25, 0.3) is 0 Å². The first-order chi connectivity index (χ1) is 12.1. The number of anilines is 1. The third kappa shape index (κ3) is 4.16. The zero-order valence-electron chi connectivity index (χ0n) is 14.0. The summed E-state index contributed by atoms with van der Waals surface area (Å²) in [5.41, 5.74) is 7.08. The van der Waals surface area contributed by atoms with Gasteiger partial charge in [-0.3, -0.25) is 9.59 Å². The fraction of sp³-hybridized carbons (Fsp3) is 0.333. The average molecular weight is 377 g/mol. The minimum atomic E-state index is -0.463. The second-order valence-electron chi connectivity index (χ2n) is 5.80. The second-order valence-corrected chi connectivity index (χ2v) is 7.95. The molecule has 1 aliphatic carbocycles. The van der Waals surface area contributed by atoms with Gasteiger partial charge in [-0.1, -0.05) is 6.07 Å². The zero-order valence-corrected chi connectivity index (χ0v) is 15.6. The van der Waals surface area contributed by atoms with Gasteiger partial charge in [0.15, 0.2) is 0 Å². The molecule has 3 N–H and O–H groups in total. The van der Waals surface area contributed by atoms with Crippen molar-refractivity contribution in [3.8, 4) is 5.75 Å². The van der Waals surface area contributed by atoms with Gasteiger partial charge >= 0.3 is 0 Å². The highest BCUT2D eigenvalue weighted by Gasteiger charge is 2.24. The van der Waals surface area contributed by atoms with E-state index in [1.165, 1.54) is 28.0 Å². The summed E-state index contributed by atoms with van der Waals surface area (Å²) in [5, 5.41) is 3.47. The van der Waals surface area contributed by atoms with E-state index in [1.807, 2.05) is 24.3 Å². The number of benzene rings is 1. The highest BCUT2D eigenvalue weighted by atomic mass is 32.2. The number of thioether (sulfide) groups is 1. The molecule has 7 heteroatoms. The molecule has 1 heterocycles. The summed E-state index contributed by atoms with van der Waals surface area (Å²) in [6.07, 6.45) is 3.99. The molecule has 1 aliphatic rings. The lowest BCUT2D eigenvalue weighted by molar-refractivity contribution is -0.113. The lowest BCUT2D eigenvalue weighted by Crippen LogP contribution is -2.19. The third-order valence-corrected chi connectivity index (χ3v) is 6.28. The Balaban J connectivity index is 1.68. The van der Waals surface area contributed by atoms with Crippen LogP contribution >= 0.6 is 23.1 Å². The maximum atomic E-state index is 12.3. The Morgan fingerprint density at radius 2 is 2.12 bits per heavy atom. The summed E-state index contributed by atoms with van der Waals surface area (Å²) >= 11 is 2.91. The van der Waals surface area contributed by atoms with Crippen LogP contribution < -0.4 is 15.8 Å². The minimum Gasteiger partial charge on any atom is -0.497 e. The molecular formula is C18H20N2O3S2. The summed E-state index contributed by atoms with van der Waals surface area (Å²) < 4.78 is 5.18. The van der Waals surface area contributed by atoms with Crippen molar-refractivity contribution in [2.75, 3.05) is 18.2 Å². The topological polar surface area (TPSA) is 81.4 Å². The number of fused-ring (bicyclic) bond motifs is 1. The van der Waals surface area contributed by atoms with Crippen LogP contribution in [0.3, 0.4) is 0 Å². The highest BCUT2D eigenvalue weighted by Crippen LogP contribution is 2.38. The van der Waals surface area contributed by atoms with Crippen molar-refractivity contribution < 1.29 is 14.3 Å². The van der Waals surface area contributed by atoms with E-state index in [0.29, 0.717) is 10.6 Å². The van der Waals surface area contributed by atoms with Crippen LogP contribution in [0.5, 0.6) is 5.75 Å². The molecule has 0 saturated carbocycles. The molecule has 1 aromatic carbocycles. The van der Waals surface area contributed by atoms with Crippen molar-refractivity contribution in [2.45, 2.75) is 30.6 Å². The van der Waals surface area contributed by atoms with E-state index in [9.17, 15) is 9.59 Å². The van der Waals surface area contributed by atoms with Crippen molar-refractivity contribution in [3.63, 3.8) is 0 Å². The van der Waals surface area contributed by atoms with Gasteiger partial charge in [-0.05, 0) is 49.4 Å². The molecule has 1 aromatic heterocycles. The van der Waals surface area contributed by atoms with Gasteiger partial charge in [0.1, 0.15) is 10.8 Å². The summed E-state index contributed by atoms with van der Waals surface area (Å²) in [6.45, 7) is 0. The lowest BCUT2D eigenvalue weighted by atomic mass is 9.95. The van der Waals surface area contributed by atoms with E-state index >= 15 is 0 Å². The first-order valence-corrected chi connectivity index (χ1v) is 9.89. The first-order valence-electron chi connectivity index (χ1n) is 8.09. The number of nitrogens with two attached hydrogens (primary N) is 1. The van der Waals surface area contributed by atoms with Crippen LogP contribution in [-0.2, 0) is 17.6 Å². The molecule has 132 valence electrons. The van der Waals surface area contributed by atoms with Gasteiger partial charge in [0.05, 0.1) is 18.4 Å². The van der Waals surface area contributed by atoms with E-state index < -0.39 is 5.91 Å². The Morgan fingerprint density at radius 1 is 1.32 bits per heavy atom. The molecule has 0 aliphatic heterocycles. The summed E-state index contributed by atoms with van der Waals surface area (Å²) in [5.74, 6) is 0.407. The fourth-order valence-corrected chi connectivity index (χ4v) is 4.97. The molecule has 0 fully saturated rings. The number of carbonyl (C=O) groups is 2. The Hall–Kier alpha value is -1.99. The monoisotopic (exact) mass is 376 g/mol. The maximum Gasteiger partial charge on any atom is 0.251 e. The standard InChI is InChI=1S/C18H20N2O3S2/c1-23-11-5-4-6-12(9-11)24-10-15(21)20-18-16(17(19)22)13-7-2-3-8-14(13)25-18/h4-6,9H,2-3,7-8,10H2,1H3,(H2,19,22)(H,20,21). The Morgan fingerprint density at radius 3 is 2.88 bits per heavy atom. The Labute approximate surface area is 154 Å². The van der Waals surface area contributed by atoms with E-state index in [0.717, 1.165) is 41.9 Å². The zero-order chi connectivity index (χ0) is 17.8. The lowest BCUT2D eigenvalue weighted by Gasteiger charge is -2.11. The third-order valence-electron chi connectivity index (χ3n) is 4.08. The van der Waals surface area contributed by atoms with Crippen LogP contribution in [0.2, 0.25) is 0 Å². The molecule has 0 bridgehead atoms. The molecule has 0 atom stereocenters. The van der Waals surface area contributed by atoms with E-state index in [4.69, 9.17) is 10.5 Å². The summed E-state index contributed by atoms with van der Waals surface area (Å²) in [4.78, 5) is 26.3. The number of hydrogen-bond donors (Lipinski definition) is 2. The van der Waals surface area contributed by atoms with Gasteiger partial charge in [0.2, 0.25) is 5.91 Å². The van der Waals surface area contributed by atoms with E-state index in [2.05, 4.69) is 5.32 Å². The first kappa shape index (κ1) is 17.8. The molecule has 2 amide bonds. The molecule has 2 aromatic rings. The van der Waals surface area contributed by atoms with Gasteiger partial charge in [0, 0.05) is 9.77 Å². The predicted molar refractivity (Wildman–Crippen MR) is 102 cm³/mol. The van der Waals surface area contributed by atoms with Gasteiger partial charge < -0.3 is 15.8 Å². The smallest absolute Gasteiger partial charge is 0.251 e. The number of ether oxygens (including phenoxy) is 1. The fourth-order valence-electron chi connectivity index (χ4n) is 2.92. The van der Waals surface area contributed by atoms with Crippen molar-refractivity contribution in [1.82, 2.24) is 0 Å². The van der Waals surface area contributed by atoms with Crippen LogP contribution in [0.1, 0.15) is 33.6 Å². The van der Waals surface area contributed by atoms with Crippen LogP contribution in [-0.4, -0.2) is 24.7 Å². The van der Waals surface area contributed by atoms with Crippen LogP contribution in [0.15, 0.2) is 29.2 Å². The van der Waals surface area contributed by atoms with Crippen molar-refractivity contribution in [2.24, 2.45) is 5.73 Å². The second kappa shape index (κ2) is 7.93. The van der Waals surface area contributed by atoms with Crippen molar-refractivity contribution >= 4 is 39.9 Å². The summed E-state index contributed by atoms with van der Waals surface area (Å²) in [6, 6.07) is 7.56. The number of hydrogen-bond acceptors (Lipinski definition) is 5. The Kier molecular flexibility index (Phi) is 5.65. The molecule has 5 nitrogen and oxygen atoms in total. The molecule has 0 saturated heterocycles. The van der Waals surface area contributed by atoms with E-state index in [1.54, 1.807) is 7.11 Å². The van der Waals surface area contributed by atoms with Gasteiger partial charge in [-0.25, -0.2) is 0 Å². The molecule has 0 unspecified atom stereocenters. The highest BCUT2D eigenvalue weighted by molar-refractivity contribution is 8.00. The SMILES string of the molecule is COc1cccc(SCC(=O)Nc2sc3c(c2C(N)=O)CCCC3)c1. The number of primary amides is 1. The molecule has 0 radical (unpaired) electrons. The number of aryl methyl sites for hydroxylation is 1. The van der Waals surface area contributed by atoms with Gasteiger partial charge in [-0.2, -0.15) is 0 Å². The van der Waals surface area contributed by atoms with Gasteiger partial charge in [-0.15, -0.1) is 23.1 Å². The number of methoxy groups -OCH3 is 1. The number of carbonyl (C=O) groups excluding carboxylic acids is 2. The van der Waals surface area contributed by atoms with E-state index in [-0.39, 0.29) is 11.7 Å². The van der Waals surface area contributed by atoms with Crippen LogP contribution in [0, 0.1) is 0 Å². The van der Waals surface area contributed by atoms with Crippen LogP contribution in [0.4, 0.5) is 5.00 Å². The van der Waals surface area contributed by atoms with Crippen molar-refractivity contribution in [3.05, 3.63) is 40.3 Å². The largest absolute Gasteiger partial charge is 0.497 e. The number of amides is 2. The predicted octanol–water partition coefficient (Wildman–Crippen LogP) is 3.47. The quantitative estimate of drug-likeness (QED) is 0.757. The number of thiophene rings is 1. The minimum absolute atomic E-state index is 0.145. The number of rotatable bonds is 6.